The molecule has 0 saturated carbocycles. The maximum Gasteiger partial charge on any atom is 0.459 e. The summed E-state index contributed by atoms with van der Waals surface area (Å²) in [5, 5.41) is 15.0. The highest BCUT2D eigenvalue weighted by molar-refractivity contribution is 7.52. The molecule has 13 nitrogen and oxygen atoms in total. The number of benzene rings is 3. The second-order valence-electron chi connectivity index (χ2n) is 10.4. The van der Waals surface area contributed by atoms with Crippen LogP contribution in [-0.4, -0.2) is 55.5 Å². The van der Waals surface area contributed by atoms with E-state index in [4.69, 9.17) is 35.9 Å². The summed E-state index contributed by atoms with van der Waals surface area (Å²) in [5.41, 5.74) is 7.39. The highest BCUT2D eigenvalue weighted by atomic mass is 35.5. The molecule has 1 saturated heterocycles. The first kappa shape index (κ1) is 30.9. The van der Waals surface area contributed by atoms with Crippen molar-refractivity contribution in [2.75, 3.05) is 12.3 Å². The average molecular weight is 653 g/mol. The van der Waals surface area contributed by atoms with Gasteiger partial charge >= 0.3 is 13.7 Å². The largest absolute Gasteiger partial charge is 0.460 e. The Morgan fingerprint density at radius 2 is 1.91 bits per heavy atom. The molecular weight excluding hydrogens is 623 g/mol. The van der Waals surface area contributed by atoms with Crippen molar-refractivity contribution in [2.45, 2.75) is 44.4 Å². The molecule has 0 bridgehead atoms. The normalized spacial score (nSPS) is 20.2. The molecule has 1 unspecified atom stereocenters. The lowest BCUT2D eigenvalue weighted by Crippen LogP contribution is -2.36. The summed E-state index contributed by atoms with van der Waals surface area (Å²) in [6.07, 6.45) is -1.03. The molecule has 3 heterocycles. The van der Waals surface area contributed by atoms with Crippen molar-refractivity contribution in [3.05, 3.63) is 90.0 Å². The first-order valence-electron chi connectivity index (χ1n) is 14.1. The number of halogens is 1. The van der Waals surface area contributed by atoms with Gasteiger partial charge in [-0.2, -0.15) is 15.1 Å². The average Bonchev–Trinajstić information content (AvgIpc) is 3.62. The number of carbonyl (C=O) groups is 1. The Balaban J connectivity index is 1.19. The third-order valence-electron chi connectivity index (χ3n) is 7.24. The molecule has 0 spiro atoms. The van der Waals surface area contributed by atoms with E-state index in [1.165, 1.54) is 13.3 Å². The van der Waals surface area contributed by atoms with Gasteiger partial charge in [0, 0.05) is 11.8 Å². The Morgan fingerprint density at radius 3 is 2.73 bits per heavy atom. The fraction of sp³-hybridized carbons (Fsp3) is 0.267. The number of ether oxygens (including phenoxy) is 2. The summed E-state index contributed by atoms with van der Waals surface area (Å²) in [5.74, 6) is -0.275. The summed E-state index contributed by atoms with van der Waals surface area (Å²) >= 11 is 6.00. The minimum Gasteiger partial charge on any atom is -0.460 e. The number of nitrogen functional groups attached to an aromatic ring is 1. The number of imidazole rings is 1. The van der Waals surface area contributed by atoms with Gasteiger partial charge in [0.05, 0.1) is 19.0 Å². The summed E-state index contributed by atoms with van der Waals surface area (Å²) in [4.78, 5) is 25.2. The van der Waals surface area contributed by atoms with Crippen molar-refractivity contribution in [2.24, 2.45) is 0 Å². The van der Waals surface area contributed by atoms with Crippen LogP contribution >= 0.6 is 19.3 Å². The van der Waals surface area contributed by atoms with Gasteiger partial charge in [-0.25, -0.2) is 9.55 Å². The maximum absolute atomic E-state index is 14.3. The maximum atomic E-state index is 14.3. The van der Waals surface area contributed by atoms with Gasteiger partial charge in [-0.15, -0.1) is 0 Å². The third-order valence-corrected chi connectivity index (χ3v) is 9.04. The van der Waals surface area contributed by atoms with Gasteiger partial charge in [-0.3, -0.25) is 13.9 Å². The van der Waals surface area contributed by atoms with Crippen molar-refractivity contribution in [1.82, 2.24) is 24.6 Å². The van der Waals surface area contributed by atoms with Crippen LogP contribution in [0.25, 0.3) is 21.9 Å². The molecule has 5 atom stereocenters. The Bertz CT molecular complexity index is 1870. The third kappa shape index (κ3) is 6.94. The lowest BCUT2D eigenvalue weighted by atomic mass is 10.1. The lowest BCUT2D eigenvalue weighted by Gasteiger charge is -2.25. The van der Waals surface area contributed by atoms with Gasteiger partial charge in [0.25, 0.3) is 0 Å². The molecule has 6 rings (SSSR count). The second-order valence-corrected chi connectivity index (χ2v) is 12.5. The minimum absolute atomic E-state index is 0.0369. The lowest BCUT2D eigenvalue weighted by molar-refractivity contribution is -0.146. The van der Waals surface area contributed by atoms with E-state index in [9.17, 15) is 14.5 Å². The number of hydrogen-bond acceptors (Lipinski definition) is 11. The Labute approximate surface area is 262 Å². The first-order chi connectivity index (χ1) is 21.7. The molecule has 4 N–H and O–H groups in total. The monoisotopic (exact) mass is 652 g/mol. The van der Waals surface area contributed by atoms with Crippen molar-refractivity contribution >= 4 is 53.1 Å². The standard InChI is InChI=1S/C30H30ClN6O7P/c1-18(29(39)41-15-19-8-3-2-4-9-19)36-45(40,44-23-13-7-11-20-10-5-6-12-21(20)23)42-16-24-22(38)14-25(43-24)37-17-33-26-27(32)34-30(31)35-28(26)37/h2-13,17-18,22,24-25,38H,14-16H2,1H3,(H,36,40)(H2,32,34,35)/t18-,22+,24+,25+,45?/m0/s1. The molecule has 2 aromatic heterocycles. The number of esters is 1. The van der Waals surface area contributed by atoms with Crippen molar-refractivity contribution in [1.29, 1.82) is 0 Å². The van der Waals surface area contributed by atoms with Gasteiger partial charge < -0.3 is 24.8 Å². The van der Waals surface area contributed by atoms with E-state index in [0.717, 1.165) is 10.9 Å². The summed E-state index contributed by atoms with van der Waals surface area (Å²) in [6.45, 7) is 1.19. The van der Waals surface area contributed by atoms with E-state index < -0.39 is 38.2 Å². The SMILES string of the molecule is C[C@H](NP(=O)(OC[C@H]1O[C@@H](n2cnc3c(N)nc(Cl)nc32)C[C@H]1O)Oc1cccc2ccccc12)C(=O)OCc1ccccc1. The van der Waals surface area contributed by atoms with Crippen LogP contribution in [-0.2, 0) is 30.0 Å². The smallest absolute Gasteiger partial charge is 0.459 e. The number of carbonyl (C=O) groups excluding carboxylic acids is 1. The molecule has 0 aliphatic carbocycles. The number of nitrogens with one attached hydrogen (secondary N) is 1. The zero-order chi connectivity index (χ0) is 31.6. The second kappa shape index (κ2) is 13.1. The Morgan fingerprint density at radius 1 is 1.16 bits per heavy atom. The predicted octanol–water partition coefficient (Wildman–Crippen LogP) is 4.79. The molecule has 1 aliphatic rings. The molecule has 45 heavy (non-hydrogen) atoms. The fourth-order valence-corrected chi connectivity index (χ4v) is 6.66. The molecule has 0 amide bonds. The Hall–Kier alpha value is -4.10. The topological polar surface area (TPSA) is 173 Å². The van der Waals surface area contributed by atoms with Crippen molar-refractivity contribution in [3.8, 4) is 5.75 Å². The molecule has 1 aliphatic heterocycles. The summed E-state index contributed by atoms with van der Waals surface area (Å²) in [7, 11) is -4.28. The predicted molar refractivity (Wildman–Crippen MR) is 166 cm³/mol. The van der Waals surface area contributed by atoms with E-state index in [0.29, 0.717) is 16.6 Å². The Kier molecular flexibility index (Phi) is 8.99. The van der Waals surface area contributed by atoms with Crippen LogP contribution in [0.2, 0.25) is 5.28 Å². The van der Waals surface area contributed by atoms with Crippen LogP contribution < -0.4 is 15.3 Å². The fourth-order valence-electron chi connectivity index (χ4n) is 4.97. The summed E-state index contributed by atoms with van der Waals surface area (Å²) < 4.78 is 39.2. The van der Waals surface area contributed by atoms with Gasteiger partial charge in [-0.05, 0) is 35.5 Å². The van der Waals surface area contributed by atoms with Crippen LogP contribution in [0.1, 0.15) is 25.1 Å². The van der Waals surface area contributed by atoms with E-state index in [1.54, 1.807) is 16.7 Å². The molecule has 5 aromatic rings. The molecule has 234 valence electrons. The van der Waals surface area contributed by atoms with Crippen LogP contribution in [0.15, 0.2) is 79.1 Å². The number of nitrogens with two attached hydrogens (primary N) is 1. The summed E-state index contributed by atoms with van der Waals surface area (Å²) in [6, 6.07) is 20.8. The number of aliphatic hydroxyl groups is 1. The van der Waals surface area contributed by atoms with Crippen molar-refractivity contribution in [3.63, 3.8) is 0 Å². The number of rotatable bonds is 11. The van der Waals surface area contributed by atoms with Crippen molar-refractivity contribution < 1.29 is 33.0 Å². The molecule has 1 fully saturated rings. The van der Waals surface area contributed by atoms with E-state index in [-0.39, 0.29) is 36.5 Å². The zero-order valence-corrected chi connectivity index (χ0v) is 25.7. The van der Waals surface area contributed by atoms with Crippen LogP contribution in [0.3, 0.4) is 0 Å². The van der Waals surface area contributed by atoms with Crippen LogP contribution in [0, 0.1) is 0 Å². The minimum atomic E-state index is -4.28. The number of fused-ring (bicyclic) bond motifs is 2. The number of nitrogens with zero attached hydrogens (tertiary/aromatic N) is 4. The van der Waals surface area contributed by atoms with E-state index in [1.807, 2.05) is 60.7 Å². The first-order valence-corrected chi connectivity index (χ1v) is 16.0. The highest BCUT2D eigenvalue weighted by Gasteiger charge is 2.40. The van der Waals surface area contributed by atoms with Gasteiger partial charge in [0.2, 0.25) is 5.28 Å². The van der Waals surface area contributed by atoms with Crippen LogP contribution in [0.4, 0.5) is 5.82 Å². The molecule has 15 heteroatoms. The molecule has 0 radical (unpaired) electrons. The van der Waals surface area contributed by atoms with E-state index in [2.05, 4.69) is 20.0 Å². The van der Waals surface area contributed by atoms with Gasteiger partial charge in [-0.1, -0.05) is 66.7 Å². The number of aliphatic hydroxyl groups excluding tert-OH is 1. The number of hydrogen-bond donors (Lipinski definition) is 3. The van der Waals surface area contributed by atoms with Gasteiger partial charge in [0.15, 0.2) is 11.5 Å². The molecular formula is C30H30ClN6O7P. The number of anilines is 1. The van der Waals surface area contributed by atoms with E-state index >= 15 is 0 Å². The van der Waals surface area contributed by atoms with Crippen LogP contribution in [0.5, 0.6) is 5.75 Å². The van der Waals surface area contributed by atoms with Gasteiger partial charge in [0.1, 0.15) is 36.2 Å². The zero-order valence-electron chi connectivity index (χ0n) is 24.0. The molecule has 3 aromatic carbocycles. The quantitative estimate of drug-likeness (QED) is 0.101. The number of aromatic nitrogens is 4. The highest BCUT2D eigenvalue weighted by Crippen LogP contribution is 2.47.